The molecule has 0 saturated carbocycles. The molecular formula is C20H26N2O2. The van der Waals surface area contributed by atoms with E-state index in [0.717, 1.165) is 25.9 Å². The Labute approximate surface area is 143 Å². The van der Waals surface area contributed by atoms with Crippen molar-refractivity contribution in [3.63, 3.8) is 0 Å². The lowest BCUT2D eigenvalue weighted by molar-refractivity contribution is -0.128. The number of nitrogens with zero attached hydrogens (tertiary/aromatic N) is 1. The molecule has 2 aromatic rings. The Hall–Kier alpha value is -1.91. The third-order valence-corrected chi connectivity index (χ3v) is 4.93. The maximum Gasteiger partial charge on any atom is 0.222 e. The Balaban J connectivity index is 1.59. The van der Waals surface area contributed by atoms with Crippen LogP contribution in [0.1, 0.15) is 24.8 Å². The number of fused-ring (bicyclic) bond motifs is 1. The summed E-state index contributed by atoms with van der Waals surface area (Å²) in [5.41, 5.74) is 0.427. The van der Waals surface area contributed by atoms with E-state index in [1.165, 1.54) is 16.3 Å². The number of benzene rings is 2. The molecule has 0 spiro atoms. The second kappa shape index (κ2) is 7.32. The molecule has 128 valence electrons. The van der Waals surface area contributed by atoms with Gasteiger partial charge in [0.05, 0.1) is 12.0 Å². The zero-order valence-corrected chi connectivity index (χ0v) is 14.3. The highest BCUT2D eigenvalue weighted by molar-refractivity contribution is 5.83. The predicted molar refractivity (Wildman–Crippen MR) is 97.0 cm³/mol. The van der Waals surface area contributed by atoms with E-state index in [9.17, 15) is 9.90 Å². The van der Waals surface area contributed by atoms with Crippen LogP contribution in [0.4, 0.5) is 0 Å². The molecule has 1 amide bonds. The third-order valence-electron chi connectivity index (χ3n) is 4.93. The molecule has 3 rings (SSSR count). The fourth-order valence-electron chi connectivity index (χ4n) is 3.61. The average Bonchev–Trinajstić information content (AvgIpc) is 2.59. The first-order chi connectivity index (χ1) is 11.6. The third kappa shape index (κ3) is 4.13. The molecule has 1 unspecified atom stereocenters. The minimum Gasteiger partial charge on any atom is -0.388 e. The Morgan fingerprint density at radius 3 is 2.83 bits per heavy atom. The number of amides is 1. The van der Waals surface area contributed by atoms with E-state index in [1.807, 2.05) is 0 Å². The van der Waals surface area contributed by atoms with Crippen molar-refractivity contribution in [3.05, 3.63) is 48.0 Å². The van der Waals surface area contributed by atoms with Crippen molar-refractivity contribution in [1.82, 2.24) is 10.2 Å². The second-order valence-electron chi connectivity index (χ2n) is 6.89. The molecule has 2 N–H and O–H groups in total. The Morgan fingerprint density at radius 1 is 1.25 bits per heavy atom. The van der Waals surface area contributed by atoms with Gasteiger partial charge in [-0.1, -0.05) is 42.5 Å². The molecule has 1 atom stereocenters. The van der Waals surface area contributed by atoms with Crippen molar-refractivity contribution in [1.29, 1.82) is 0 Å². The van der Waals surface area contributed by atoms with Crippen molar-refractivity contribution >= 4 is 16.7 Å². The van der Waals surface area contributed by atoms with Crippen LogP contribution in [0.15, 0.2) is 42.5 Å². The van der Waals surface area contributed by atoms with Crippen LogP contribution in [0.2, 0.25) is 0 Å². The lowest BCUT2D eigenvalue weighted by Gasteiger charge is -2.38. The summed E-state index contributed by atoms with van der Waals surface area (Å²) in [5.74, 6) is -0.0890. The molecule has 1 aliphatic heterocycles. The summed E-state index contributed by atoms with van der Waals surface area (Å²) in [5, 5.41) is 15.8. The van der Waals surface area contributed by atoms with E-state index in [0.29, 0.717) is 13.0 Å². The highest BCUT2D eigenvalue weighted by atomic mass is 16.3. The van der Waals surface area contributed by atoms with Crippen LogP contribution < -0.4 is 5.32 Å². The van der Waals surface area contributed by atoms with Crippen LogP contribution in [-0.4, -0.2) is 48.2 Å². The number of rotatable bonds is 5. The highest BCUT2D eigenvalue weighted by Gasteiger charge is 2.34. The zero-order valence-electron chi connectivity index (χ0n) is 14.3. The number of carbonyl (C=O) groups is 1. The van der Waals surface area contributed by atoms with Gasteiger partial charge in [-0.25, -0.2) is 0 Å². The predicted octanol–water partition coefficient (Wildman–Crippen LogP) is 2.35. The molecule has 0 radical (unpaired) electrons. The first-order valence-corrected chi connectivity index (χ1v) is 8.71. The first kappa shape index (κ1) is 16.9. The van der Waals surface area contributed by atoms with Crippen LogP contribution in [0.5, 0.6) is 0 Å². The van der Waals surface area contributed by atoms with Gasteiger partial charge in [0.2, 0.25) is 5.91 Å². The lowest BCUT2D eigenvalue weighted by atomic mass is 9.89. The Morgan fingerprint density at radius 2 is 2.04 bits per heavy atom. The molecule has 4 nitrogen and oxygen atoms in total. The number of carbonyl (C=O) groups excluding carboxylic acids is 1. The van der Waals surface area contributed by atoms with Crippen molar-refractivity contribution in [2.24, 2.45) is 0 Å². The van der Waals surface area contributed by atoms with Gasteiger partial charge in [0, 0.05) is 20.1 Å². The van der Waals surface area contributed by atoms with Gasteiger partial charge in [-0.05, 0) is 42.1 Å². The van der Waals surface area contributed by atoms with Crippen molar-refractivity contribution in [2.75, 3.05) is 26.7 Å². The van der Waals surface area contributed by atoms with E-state index in [4.69, 9.17) is 0 Å². The minimum atomic E-state index is -0.887. The van der Waals surface area contributed by atoms with E-state index < -0.39 is 5.60 Å². The summed E-state index contributed by atoms with van der Waals surface area (Å²) in [6.07, 6.45) is 2.79. The monoisotopic (exact) mass is 326 g/mol. The summed E-state index contributed by atoms with van der Waals surface area (Å²) in [7, 11) is 1.62. The summed E-state index contributed by atoms with van der Waals surface area (Å²) in [6, 6.07) is 15.0. The first-order valence-electron chi connectivity index (χ1n) is 8.71. The molecular weight excluding hydrogens is 300 g/mol. The average molecular weight is 326 g/mol. The van der Waals surface area contributed by atoms with E-state index in [2.05, 4.69) is 52.7 Å². The number of hydrogen-bond donors (Lipinski definition) is 2. The van der Waals surface area contributed by atoms with Gasteiger partial charge in [-0.3, -0.25) is 4.79 Å². The van der Waals surface area contributed by atoms with Gasteiger partial charge >= 0.3 is 0 Å². The van der Waals surface area contributed by atoms with Crippen LogP contribution >= 0.6 is 0 Å². The van der Waals surface area contributed by atoms with Gasteiger partial charge in [0.15, 0.2) is 0 Å². The highest BCUT2D eigenvalue weighted by Crippen LogP contribution is 2.25. The number of piperidine rings is 1. The lowest BCUT2D eigenvalue weighted by Crippen LogP contribution is -2.50. The Bertz CT molecular complexity index is 716. The largest absolute Gasteiger partial charge is 0.388 e. The summed E-state index contributed by atoms with van der Waals surface area (Å²) in [6.45, 7) is 2.48. The molecule has 1 heterocycles. The molecule has 1 aliphatic rings. The molecule has 24 heavy (non-hydrogen) atoms. The maximum absolute atomic E-state index is 11.6. The van der Waals surface area contributed by atoms with Crippen LogP contribution in [0.25, 0.3) is 10.8 Å². The molecule has 0 bridgehead atoms. The Kier molecular flexibility index (Phi) is 5.17. The normalized spacial score (nSPS) is 21.8. The molecule has 2 aromatic carbocycles. The number of likely N-dealkylation sites (tertiary alicyclic amines) is 1. The molecule has 0 aromatic heterocycles. The van der Waals surface area contributed by atoms with Crippen LogP contribution in [0, 0.1) is 0 Å². The van der Waals surface area contributed by atoms with E-state index in [1.54, 1.807) is 7.05 Å². The number of aliphatic hydroxyl groups is 1. The van der Waals surface area contributed by atoms with Crippen molar-refractivity contribution in [2.45, 2.75) is 31.3 Å². The standard InChI is InChI=1S/C20H26N2O2/c1-21-19(23)14-20(24)10-4-11-22(15-20)12-9-16-7-8-17-5-2-3-6-18(17)13-16/h2-3,5-8,13,24H,4,9-12,14-15H2,1H3,(H,21,23). The quantitative estimate of drug-likeness (QED) is 0.887. The number of β-amino-alcohol motifs (C(OH)–C–C–N with tert-alkyl or cyclic N) is 1. The topological polar surface area (TPSA) is 52.6 Å². The molecule has 1 fully saturated rings. The molecule has 4 heteroatoms. The zero-order chi connectivity index (χ0) is 17.0. The van der Waals surface area contributed by atoms with Crippen LogP contribution in [-0.2, 0) is 11.2 Å². The van der Waals surface area contributed by atoms with Gasteiger partial charge in [0.25, 0.3) is 0 Å². The maximum atomic E-state index is 11.6. The second-order valence-corrected chi connectivity index (χ2v) is 6.89. The smallest absolute Gasteiger partial charge is 0.222 e. The van der Waals surface area contributed by atoms with E-state index >= 15 is 0 Å². The minimum absolute atomic E-state index is 0.0890. The van der Waals surface area contributed by atoms with Gasteiger partial charge in [-0.15, -0.1) is 0 Å². The van der Waals surface area contributed by atoms with Gasteiger partial charge < -0.3 is 15.3 Å². The molecule has 0 aliphatic carbocycles. The number of hydrogen-bond acceptors (Lipinski definition) is 3. The number of nitrogens with one attached hydrogen (secondary N) is 1. The summed E-state index contributed by atoms with van der Waals surface area (Å²) < 4.78 is 0. The fraction of sp³-hybridized carbons (Fsp3) is 0.450. The summed E-state index contributed by atoms with van der Waals surface area (Å²) in [4.78, 5) is 13.9. The van der Waals surface area contributed by atoms with Crippen LogP contribution in [0.3, 0.4) is 0 Å². The van der Waals surface area contributed by atoms with Crippen molar-refractivity contribution < 1.29 is 9.90 Å². The van der Waals surface area contributed by atoms with Gasteiger partial charge in [0.1, 0.15) is 0 Å². The summed E-state index contributed by atoms with van der Waals surface area (Å²) >= 11 is 0. The SMILES string of the molecule is CNC(=O)CC1(O)CCCN(CCc2ccc3ccccc3c2)C1. The molecule has 1 saturated heterocycles. The van der Waals surface area contributed by atoms with E-state index in [-0.39, 0.29) is 12.3 Å². The van der Waals surface area contributed by atoms with Crippen molar-refractivity contribution in [3.8, 4) is 0 Å². The fourth-order valence-corrected chi connectivity index (χ4v) is 3.61. The van der Waals surface area contributed by atoms with Gasteiger partial charge in [-0.2, -0.15) is 0 Å².